The van der Waals surface area contributed by atoms with E-state index in [0.717, 1.165) is 13.1 Å². The lowest BCUT2D eigenvalue weighted by atomic mass is 9.92. The molecule has 2 aromatic rings. The minimum absolute atomic E-state index is 0.330. The topological polar surface area (TPSA) is 29.3 Å². The largest absolute Gasteiger partial charge is 0.321 e. The first-order chi connectivity index (χ1) is 8.97. The highest BCUT2D eigenvalue weighted by Crippen LogP contribution is 2.23. The Balaban J connectivity index is 2.00. The highest BCUT2D eigenvalue weighted by Gasteiger charge is 2.22. The van der Waals surface area contributed by atoms with Crippen LogP contribution >= 0.6 is 27.3 Å². The molecular weight excluding hydrogens is 320 g/mol. The number of likely N-dealkylation sites (N-methyl/N-ethyl adjacent to an activating group) is 1. The molecule has 1 heterocycles. The molecule has 1 unspecified atom stereocenters. The summed E-state index contributed by atoms with van der Waals surface area (Å²) < 4.78 is 1.18. The van der Waals surface area contributed by atoms with Crippen molar-refractivity contribution in [3.05, 3.63) is 56.7 Å². The fourth-order valence-electron chi connectivity index (χ4n) is 2.27. The first-order valence-electron chi connectivity index (χ1n) is 6.23. The van der Waals surface area contributed by atoms with Crippen LogP contribution in [0.1, 0.15) is 18.1 Å². The van der Waals surface area contributed by atoms with Crippen LogP contribution in [0.2, 0.25) is 0 Å². The van der Waals surface area contributed by atoms with E-state index in [4.69, 9.17) is 5.73 Å². The molecule has 0 aliphatic carbocycles. The first kappa shape index (κ1) is 14.7. The minimum Gasteiger partial charge on any atom is -0.321 e. The van der Waals surface area contributed by atoms with E-state index in [1.54, 1.807) is 11.3 Å². The maximum absolute atomic E-state index is 6.45. The molecule has 0 fully saturated rings. The van der Waals surface area contributed by atoms with Crippen LogP contribution in [0.5, 0.6) is 0 Å². The highest BCUT2D eigenvalue weighted by molar-refractivity contribution is 9.11. The molecule has 2 N–H and O–H groups in total. The third kappa shape index (κ3) is 4.14. The van der Waals surface area contributed by atoms with Gasteiger partial charge >= 0.3 is 0 Å². The standard InChI is InChI=1S/C15H19BrN2S/c1-15(17,13-6-4-3-5-7-13)11-18(2)9-12-8-14(16)19-10-12/h3-8,10H,9,11,17H2,1-2H3. The van der Waals surface area contributed by atoms with Gasteiger partial charge in [-0.25, -0.2) is 0 Å². The maximum Gasteiger partial charge on any atom is 0.0701 e. The Morgan fingerprint density at radius 2 is 2.00 bits per heavy atom. The van der Waals surface area contributed by atoms with Crippen molar-refractivity contribution < 1.29 is 0 Å². The molecule has 0 saturated carbocycles. The van der Waals surface area contributed by atoms with E-state index in [9.17, 15) is 0 Å². The number of hydrogen-bond donors (Lipinski definition) is 1. The number of nitrogens with zero attached hydrogens (tertiary/aromatic N) is 1. The smallest absolute Gasteiger partial charge is 0.0701 e. The highest BCUT2D eigenvalue weighted by atomic mass is 79.9. The third-order valence-electron chi connectivity index (χ3n) is 3.11. The monoisotopic (exact) mass is 338 g/mol. The molecule has 102 valence electrons. The van der Waals surface area contributed by atoms with Gasteiger partial charge in [-0.15, -0.1) is 11.3 Å². The summed E-state index contributed by atoms with van der Waals surface area (Å²) in [5.74, 6) is 0. The Kier molecular flexibility index (Phi) is 4.79. The third-order valence-corrected chi connectivity index (χ3v) is 4.66. The molecule has 0 bridgehead atoms. The van der Waals surface area contributed by atoms with Crippen LogP contribution in [0.25, 0.3) is 0 Å². The summed E-state index contributed by atoms with van der Waals surface area (Å²) in [4.78, 5) is 2.27. The molecule has 0 aliphatic heterocycles. The van der Waals surface area contributed by atoms with Crippen LogP contribution in [0, 0.1) is 0 Å². The minimum atomic E-state index is -0.330. The zero-order valence-corrected chi connectivity index (χ0v) is 13.7. The number of thiophene rings is 1. The second-order valence-electron chi connectivity index (χ2n) is 5.21. The van der Waals surface area contributed by atoms with E-state index in [1.807, 2.05) is 18.2 Å². The fraction of sp³-hybridized carbons (Fsp3) is 0.333. The summed E-state index contributed by atoms with van der Waals surface area (Å²) in [6.45, 7) is 3.83. The van der Waals surface area contributed by atoms with Crippen LogP contribution in [-0.2, 0) is 12.1 Å². The number of nitrogens with two attached hydrogens (primary N) is 1. The van der Waals surface area contributed by atoms with E-state index in [0.29, 0.717) is 0 Å². The summed E-state index contributed by atoms with van der Waals surface area (Å²) in [5, 5.41) is 2.18. The SMILES string of the molecule is CN(Cc1csc(Br)c1)CC(C)(N)c1ccccc1. The van der Waals surface area contributed by atoms with E-state index in [2.05, 4.69) is 58.4 Å². The lowest BCUT2D eigenvalue weighted by Crippen LogP contribution is -2.43. The molecule has 0 aliphatic rings. The van der Waals surface area contributed by atoms with Gasteiger partial charge < -0.3 is 5.73 Å². The van der Waals surface area contributed by atoms with Gasteiger partial charge in [0.05, 0.1) is 9.33 Å². The second kappa shape index (κ2) is 6.18. The van der Waals surface area contributed by atoms with Crippen LogP contribution in [-0.4, -0.2) is 18.5 Å². The molecule has 0 spiro atoms. The Bertz CT molecular complexity index is 522. The van der Waals surface area contributed by atoms with Crippen molar-refractivity contribution in [1.82, 2.24) is 4.90 Å². The molecular formula is C15H19BrN2S. The van der Waals surface area contributed by atoms with Gasteiger partial charge in [0.1, 0.15) is 0 Å². The van der Waals surface area contributed by atoms with Crippen LogP contribution in [0.15, 0.2) is 45.6 Å². The first-order valence-corrected chi connectivity index (χ1v) is 7.90. The van der Waals surface area contributed by atoms with Gasteiger partial charge in [0.15, 0.2) is 0 Å². The molecule has 2 rings (SSSR count). The average Bonchev–Trinajstić information content (AvgIpc) is 2.75. The zero-order chi connectivity index (χ0) is 13.9. The molecule has 19 heavy (non-hydrogen) atoms. The second-order valence-corrected chi connectivity index (χ2v) is 7.51. The molecule has 4 heteroatoms. The van der Waals surface area contributed by atoms with Crippen LogP contribution < -0.4 is 5.73 Å². The molecule has 2 nitrogen and oxygen atoms in total. The predicted octanol–water partition coefficient (Wildman–Crippen LogP) is 3.82. The molecule has 0 amide bonds. The Labute approximate surface area is 127 Å². The van der Waals surface area contributed by atoms with Gasteiger partial charge in [-0.1, -0.05) is 30.3 Å². The number of rotatable bonds is 5. The van der Waals surface area contributed by atoms with E-state index in [-0.39, 0.29) is 5.54 Å². The van der Waals surface area contributed by atoms with Crippen molar-refractivity contribution in [3.63, 3.8) is 0 Å². The fourth-order valence-corrected chi connectivity index (χ4v) is 3.47. The van der Waals surface area contributed by atoms with Gasteiger partial charge in [0.2, 0.25) is 0 Å². The van der Waals surface area contributed by atoms with E-state index >= 15 is 0 Å². The van der Waals surface area contributed by atoms with Crippen molar-refractivity contribution in [3.8, 4) is 0 Å². The van der Waals surface area contributed by atoms with E-state index in [1.165, 1.54) is 14.9 Å². The van der Waals surface area contributed by atoms with Crippen molar-refractivity contribution in [2.75, 3.05) is 13.6 Å². The van der Waals surface area contributed by atoms with Gasteiger partial charge in [-0.05, 0) is 52.5 Å². The van der Waals surface area contributed by atoms with Gasteiger partial charge in [-0.2, -0.15) is 0 Å². The molecule has 0 saturated heterocycles. The Morgan fingerprint density at radius 1 is 1.32 bits per heavy atom. The number of halogens is 1. The van der Waals surface area contributed by atoms with Crippen molar-refractivity contribution in [2.24, 2.45) is 5.73 Å². The van der Waals surface area contributed by atoms with E-state index < -0.39 is 0 Å². The normalized spacial score (nSPS) is 14.6. The molecule has 1 aromatic heterocycles. The summed E-state index contributed by atoms with van der Waals surface area (Å²) in [7, 11) is 2.11. The van der Waals surface area contributed by atoms with Crippen molar-refractivity contribution >= 4 is 27.3 Å². The summed E-state index contributed by atoms with van der Waals surface area (Å²) >= 11 is 5.21. The van der Waals surface area contributed by atoms with Crippen molar-refractivity contribution in [2.45, 2.75) is 19.0 Å². The van der Waals surface area contributed by atoms with Crippen LogP contribution in [0.4, 0.5) is 0 Å². The molecule has 1 aromatic carbocycles. The quantitative estimate of drug-likeness (QED) is 0.897. The Morgan fingerprint density at radius 3 is 2.58 bits per heavy atom. The van der Waals surface area contributed by atoms with Crippen molar-refractivity contribution in [1.29, 1.82) is 0 Å². The number of benzene rings is 1. The van der Waals surface area contributed by atoms with Gasteiger partial charge in [-0.3, -0.25) is 4.90 Å². The molecule has 0 radical (unpaired) electrons. The summed E-state index contributed by atoms with van der Waals surface area (Å²) in [6, 6.07) is 12.4. The predicted molar refractivity (Wildman–Crippen MR) is 86.3 cm³/mol. The average molecular weight is 339 g/mol. The lowest BCUT2D eigenvalue weighted by Gasteiger charge is -2.30. The zero-order valence-electron chi connectivity index (χ0n) is 11.3. The number of hydrogen-bond acceptors (Lipinski definition) is 3. The van der Waals surface area contributed by atoms with Crippen LogP contribution in [0.3, 0.4) is 0 Å². The van der Waals surface area contributed by atoms with Gasteiger partial charge in [0, 0.05) is 13.1 Å². The Hall–Kier alpha value is -0.680. The summed E-state index contributed by atoms with van der Waals surface area (Å²) in [6.07, 6.45) is 0. The summed E-state index contributed by atoms with van der Waals surface area (Å²) in [5.41, 5.74) is 8.62. The molecule has 1 atom stereocenters. The lowest BCUT2D eigenvalue weighted by molar-refractivity contribution is 0.253. The maximum atomic E-state index is 6.45. The van der Waals surface area contributed by atoms with Gasteiger partial charge in [0.25, 0.3) is 0 Å².